The monoisotopic (exact) mass is 302 g/mol. The predicted octanol–water partition coefficient (Wildman–Crippen LogP) is 2.43. The number of carboxylic acid groups (broad SMARTS) is 1. The van der Waals surface area contributed by atoms with Gasteiger partial charge in [0.15, 0.2) is 0 Å². The van der Waals surface area contributed by atoms with Crippen molar-refractivity contribution in [2.75, 3.05) is 0 Å². The first kappa shape index (κ1) is 15.1. The lowest BCUT2D eigenvalue weighted by Crippen LogP contribution is -2.11. The van der Waals surface area contributed by atoms with Crippen molar-refractivity contribution in [2.24, 2.45) is 0 Å². The summed E-state index contributed by atoms with van der Waals surface area (Å²) in [4.78, 5) is 14.9. The fourth-order valence-corrected chi connectivity index (χ4v) is 1.98. The predicted molar refractivity (Wildman–Crippen MR) is 65.9 cm³/mol. The number of hydrogen-bond acceptors (Lipinski definition) is 3. The third-order valence-corrected chi connectivity index (χ3v) is 2.88. The van der Waals surface area contributed by atoms with Crippen molar-refractivity contribution in [2.45, 2.75) is 32.6 Å². The molecule has 0 fully saturated rings. The molecule has 21 heavy (non-hydrogen) atoms. The van der Waals surface area contributed by atoms with E-state index in [9.17, 15) is 18.0 Å². The second-order valence-electron chi connectivity index (χ2n) is 4.78. The van der Waals surface area contributed by atoms with Crippen molar-refractivity contribution >= 4 is 5.97 Å². The summed E-state index contributed by atoms with van der Waals surface area (Å²) in [5.41, 5.74) is -1.95. The Morgan fingerprint density at radius 3 is 2.52 bits per heavy atom. The number of alkyl halides is 3. The van der Waals surface area contributed by atoms with Gasteiger partial charge in [0.1, 0.15) is 12.2 Å². The Bertz CT molecular complexity index is 658. The second-order valence-corrected chi connectivity index (χ2v) is 4.78. The lowest BCUT2D eigenvalue weighted by atomic mass is 10.2. The van der Waals surface area contributed by atoms with Gasteiger partial charge in [-0.15, -0.1) is 0 Å². The molecular weight excluding hydrogens is 289 g/mol. The summed E-state index contributed by atoms with van der Waals surface area (Å²) in [5, 5.41) is 12.8. The van der Waals surface area contributed by atoms with Crippen LogP contribution < -0.4 is 0 Å². The highest BCUT2D eigenvalue weighted by molar-refractivity contribution is 5.89. The van der Waals surface area contributed by atoms with Gasteiger partial charge in [0.2, 0.25) is 0 Å². The highest BCUT2D eigenvalue weighted by Crippen LogP contribution is 2.32. The second kappa shape index (κ2) is 5.23. The topological polar surface area (TPSA) is 72.9 Å². The van der Waals surface area contributed by atoms with E-state index in [1.807, 2.05) is 13.8 Å². The normalized spacial score (nSPS) is 12.1. The van der Waals surface area contributed by atoms with Crippen LogP contribution in [0.1, 0.15) is 41.6 Å². The van der Waals surface area contributed by atoms with E-state index in [4.69, 9.17) is 5.11 Å². The maximum Gasteiger partial charge on any atom is 0.418 e. The fraction of sp³-hybridized carbons (Fsp3) is 0.417. The molecule has 2 aromatic heterocycles. The molecule has 2 rings (SSSR count). The van der Waals surface area contributed by atoms with Crippen molar-refractivity contribution in [3.8, 4) is 0 Å². The van der Waals surface area contributed by atoms with Crippen LogP contribution in [0.4, 0.5) is 13.2 Å². The van der Waals surface area contributed by atoms with Crippen molar-refractivity contribution in [1.29, 1.82) is 0 Å². The summed E-state index contributed by atoms with van der Waals surface area (Å²) in [6.45, 7) is 3.73. The SMILES string of the molecule is CC(C)n1ncnc1Cn1cc(C(=O)O)c(C(F)(F)F)c1. The smallest absolute Gasteiger partial charge is 0.418 e. The molecule has 2 heterocycles. The van der Waals surface area contributed by atoms with Crippen LogP contribution in [0, 0.1) is 0 Å². The molecule has 6 nitrogen and oxygen atoms in total. The summed E-state index contributed by atoms with van der Waals surface area (Å²) in [6.07, 6.45) is -1.69. The van der Waals surface area contributed by atoms with Gasteiger partial charge < -0.3 is 9.67 Å². The van der Waals surface area contributed by atoms with Crippen LogP contribution in [0.25, 0.3) is 0 Å². The molecule has 114 valence electrons. The van der Waals surface area contributed by atoms with Gasteiger partial charge in [0, 0.05) is 18.4 Å². The van der Waals surface area contributed by atoms with E-state index in [1.54, 1.807) is 4.68 Å². The molecule has 0 aliphatic heterocycles. The van der Waals surface area contributed by atoms with Gasteiger partial charge in [-0.1, -0.05) is 0 Å². The summed E-state index contributed by atoms with van der Waals surface area (Å²) in [5.74, 6) is -1.17. The van der Waals surface area contributed by atoms with E-state index in [0.29, 0.717) is 5.82 Å². The zero-order valence-electron chi connectivity index (χ0n) is 11.3. The van der Waals surface area contributed by atoms with E-state index in [1.165, 1.54) is 6.33 Å². The van der Waals surface area contributed by atoms with Crippen LogP contribution in [-0.4, -0.2) is 30.4 Å². The number of halogens is 3. The molecule has 0 radical (unpaired) electrons. The number of rotatable bonds is 4. The molecule has 0 atom stereocenters. The molecule has 2 aromatic rings. The van der Waals surface area contributed by atoms with Gasteiger partial charge in [0.05, 0.1) is 17.7 Å². The third kappa shape index (κ3) is 3.06. The first-order chi connectivity index (χ1) is 9.70. The molecular formula is C12H13F3N4O2. The highest BCUT2D eigenvalue weighted by Gasteiger charge is 2.37. The molecule has 0 amide bonds. The van der Waals surface area contributed by atoms with Crippen molar-refractivity contribution in [3.63, 3.8) is 0 Å². The largest absolute Gasteiger partial charge is 0.478 e. The molecule has 0 aliphatic rings. The zero-order valence-corrected chi connectivity index (χ0v) is 11.3. The van der Waals surface area contributed by atoms with Crippen molar-refractivity contribution < 1.29 is 23.1 Å². The van der Waals surface area contributed by atoms with Crippen molar-refractivity contribution in [1.82, 2.24) is 19.3 Å². The Morgan fingerprint density at radius 1 is 1.38 bits per heavy atom. The van der Waals surface area contributed by atoms with Gasteiger partial charge in [-0.05, 0) is 13.8 Å². The van der Waals surface area contributed by atoms with Gasteiger partial charge in [0.25, 0.3) is 0 Å². The summed E-state index contributed by atoms with van der Waals surface area (Å²) < 4.78 is 41.1. The van der Waals surface area contributed by atoms with Crippen LogP contribution >= 0.6 is 0 Å². The van der Waals surface area contributed by atoms with Crippen molar-refractivity contribution in [3.05, 3.63) is 35.7 Å². The zero-order chi connectivity index (χ0) is 15.8. The Labute approximate surface area is 117 Å². The summed E-state index contributed by atoms with van der Waals surface area (Å²) >= 11 is 0. The third-order valence-electron chi connectivity index (χ3n) is 2.88. The van der Waals surface area contributed by atoms with Gasteiger partial charge in [-0.25, -0.2) is 14.5 Å². The quantitative estimate of drug-likeness (QED) is 0.941. The Kier molecular flexibility index (Phi) is 3.75. The highest BCUT2D eigenvalue weighted by atomic mass is 19.4. The number of aromatic nitrogens is 4. The number of carbonyl (C=O) groups is 1. The molecule has 0 unspecified atom stereocenters. The lowest BCUT2D eigenvalue weighted by molar-refractivity contribution is -0.138. The van der Waals surface area contributed by atoms with Gasteiger partial charge >= 0.3 is 12.1 Å². The maximum atomic E-state index is 12.8. The van der Waals surface area contributed by atoms with E-state index in [2.05, 4.69) is 10.1 Å². The summed E-state index contributed by atoms with van der Waals surface area (Å²) in [6, 6.07) is -0.000840. The molecule has 0 saturated carbocycles. The number of carboxylic acids is 1. The van der Waals surface area contributed by atoms with Crippen LogP contribution in [0.2, 0.25) is 0 Å². The van der Waals surface area contributed by atoms with Gasteiger partial charge in [-0.3, -0.25) is 0 Å². The minimum Gasteiger partial charge on any atom is -0.478 e. The van der Waals surface area contributed by atoms with E-state index >= 15 is 0 Å². The maximum absolute atomic E-state index is 12.8. The number of hydrogen-bond donors (Lipinski definition) is 1. The van der Waals surface area contributed by atoms with Crippen LogP contribution in [0.3, 0.4) is 0 Å². The molecule has 9 heteroatoms. The first-order valence-electron chi connectivity index (χ1n) is 6.08. The number of aromatic carboxylic acids is 1. The lowest BCUT2D eigenvalue weighted by Gasteiger charge is -2.09. The fourth-order valence-electron chi connectivity index (χ4n) is 1.98. The minimum absolute atomic E-state index is 0.000840. The summed E-state index contributed by atoms with van der Waals surface area (Å²) in [7, 11) is 0. The van der Waals surface area contributed by atoms with Gasteiger partial charge in [-0.2, -0.15) is 18.3 Å². The van der Waals surface area contributed by atoms with E-state index in [-0.39, 0.29) is 12.6 Å². The van der Waals surface area contributed by atoms with E-state index < -0.39 is 23.3 Å². The Balaban J connectivity index is 2.38. The molecule has 1 N–H and O–H groups in total. The molecule has 0 bridgehead atoms. The average molecular weight is 302 g/mol. The number of nitrogens with zero attached hydrogens (tertiary/aromatic N) is 4. The van der Waals surface area contributed by atoms with Crippen LogP contribution in [0.5, 0.6) is 0 Å². The molecule has 0 aromatic carbocycles. The van der Waals surface area contributed by atoms with Crippen LogP contribution in [0.15, 0.2) is 18.7 Å². The molecule has 0 saturated heterocycles. The van der Waals surface area contributed by atoms with Crippen LogP contribution in [-0.2, 0) is 12.7 Å². The Hall–Kier alpha value is -2.32. The average Bonchev–Trinajstić information content (AvgIpc) is 2.94. The molecule has 0 aliphatic carbocycles. The minimum atomic E-state index is -4.72. The molecule has 0 spiro atoms. The Morgan fingerprint density at radius 2 is 2.05 bits per heavy atom. The van der Waals surface area contributed by atoms with E-state index in [0.717, 1.165) is 17.0 Å². The standard InChI is InChI=1S/C12H13F3N4O2/c1-7(2)19-10(16-6-17-19)5-18-3-8(11(20)21)9(4-18)12(13,14)15/h3-4,6-7H,5H2,1-2H3,(H,20,21). The first-order valence-corrected chi connectivity index (χ1v) is 6.08.